The van der Waals surface area contributed by atoms with Crippen LogP contribution in [0.4, 0.5) is 0 Å². The number of benzene rings is 2. The van der Waals surface area contributed by atoms with Crippen molar-refractivity contribution in [2.45, 2.75) is 19.6 Å². The van der Waals surface area contributed by atoms with E-state index < -0.39 is 5.97 Å². The van der Waals surface area contributed by atoms with Gasteiger partial charge < -0.3 is 18.7 Å². The molecule has 0 N–H and O–H groups in total. The van der Waals surface area contributed by atoms with E-state index in [1.165, 1.54) is 10.9 Å². The van der Waals surface area contributed by atoms with E-state index in [-0.39, 0.29) is 25.1 Å². The monoisotopic (exact) mass is 435 g/mol. The first kappa shape index (κ1) is 21.1. The molecule has 0 amide bonds. The number of esters is 1. The standard InChI is InChI=1S/C23H21N3O6/c1-29-19-8-7-15(11-21(19)30-2)20-12-16(25-32-20)13-31-22(27)9-10-26-14-24-18-6-4-3-5-17(18)23(26)28/h3-8,11-12,14H,9-10,13H2,1-2H3. The quantitative estimate of drug-likeness (QED) is 0.389. The van der Waals surface area contributed by atoms with Crippen LogP contribution in [0.3, 0.4) is 0 Å². The number of aryl methyl sites for hydroxylation is 1. The van der Waals surface area contributed by atoms with Crippen molar-refractivity contribution < 1.29 is 23.5 Å². The number of para-hydroxylation sites is 1. The summed E-state index contributed by atoms with van der Waals surface area (Å²) in [6.45, 7) is 0.131. The highest BCUT2D eigenvalue weighted by atomic mass is 16.5. The van der Waals surface area contributed by atoms with Crippen molar-refractivity contribution in [3.63, 3.8) is 0 Å². The fourth-order valence-corrected chi connectivity index (χ4v) is 3.21. The minimum Gasteiger partial charge on any atom is -0.493 e. The lowest BCUT2D eigenvalue weighted by molar-refractivity contribution is -0.145. The number of hydrogen-bond acceptors (Lipinski definition) is 8. The Morgan fingerprint density at radius 1 is 1.06 bits per heavy atom. The summed E-state index contributed by atoms with van der Waals surface area (Å²) in [5.41, 5.74) is 1.63. The summed E-state index contributed by atoms with van der Waals surface area (Å²) < 4.78 is 22.5. The third-order valence-electron chi connectivity index (χ3n) is 4.90. The van der Waals surface area contributed by atoms with Gasteiger partial charge in [0.2, 0.25) is 0 Å². The molecule has 0 saturated carbocycles. The highest BCUT2D eigenvalue weighted by Gasteiger charge is 2.13. The number of aromatic nitrogens is 3. The van der Waals surface area contributed by atoms with Crippen LogP contribution in [0.1, 0.15) is 12.1 Å². The molecular formula is C23H21N3O6. The normalized spacial score (nSPS) is 10.8. The van der Waals surface area contributed by atoms with E-state index in [1.54, 1.807) is 50.6 Å². The molecule has 0 spiro atoms. The Hall–Kier alpha value is -4.14. The van der Waals surface area contributed by atoms with E-state index >= 15 is 0 Å². The molecule has 0 radical (unpaired) electrons. The summed E-state index contributed by atoms with van der Waals surface area (Å²) in [5.74, 6) is 1.21. The molecule has 0 bridgehead atoms. The van der Waals surface area contributed by atoms with E-state index in [0.717, 1.165) is 5.56 Å². The summed E-state index contributed by atoms with van der Waals surface area (Å²) in [7, 11) is 3.11. The number of ether oxygens (including phenoxy) is 3. The molecule has 2 aromatic heterocycles. The molecule has 0 aliphatic heterocycles. The third kappa shape index (κ3) is 4.46. The van der Waals surface area contributed by atoms with Gasteiger partial charge in [0.05, 0.1) is 37.9 Å². The zero-order chi connectivity index (χ0) is 22.5. The Morgan fingerprint density at radius 2 is 1.88 bits per heavy atom. The molecule has 4 rings (SSSR count). The SMILES string of the molecule is COc1ccc(-c2cc(COC(=O)CCn3cnc4ccccc4c3=O)no2)cc1OC. The number of hydrogen-bond donors (Lipinski definition) is 0. The van der Waals surface area contributed by atoms with Gasteiger partial charge in [-0.25, -0.2) is 4.98 Å². The summed E-state index contributed by atoms with van der Waals surface area (Å²) in [6.07, 6.45) is 1.46. The molecule has 0 unspecified atom stereocenters. The van der Waals surface area contributed by atoms with Crippen LogP contribution < -0.4 is 15.0 Å². The van der Waals surface area contributed by atoms with Gasteiger partial charge in [-0.1, -0.05) is 17.3 Å². The van der Waals surface area contributed by atoms with E-state index in [9.17, 15) is 9.59 Å². The van der Waals surface area contributed by atoms with Crippen LogP contribution >= 0.6 is 0 Å². The topological polar surface area (TPSA) is 106 Å². The molecular weight excluding hydrogens is 414 g/mol. The molecule has 9 nitrogen and oxygen atoms in total. The van der Waals surface area contributed by atoms with Crippen LogP contribution in [-0.2, 0) is 22.7 Å². The molecule has 9 heteroatoms. The lowest BCUT2D eigenvalue weighted by atomic mass is 10.1. The maximum absolute atomic E-state index is 12.5. The molecule has 0 aliphatic carbocycles. The smallest absolute Gasteiger partial charge is 0.307 e. The van der Waals surface area contributed by atoms with Crippen LogP contribution in [0.2, 0.25) is 0 Å². The summed E-state index contributed by atoms with van der Waals surface area (Å²) >= 11 is 0. The number of methoxy groups -OCH3 is 2. The zero-order valence-corrected chi connectivity index (χ0v) is 17.6. The molecule has 2 heterocycles. The predicted octanol–water partition coefficient (Wildman–Crippen LogP) is 3.20. The number of carbonyl (C=O) groups is 1. The minimum absolute atomic E-state index is 0.0281. The van der Waals surface area contributed by atoms with E-state index in [0.29, 0.717) is 33.9 Å². The Balaban J connectivity index is 1.35. The average Bonchev–Trinajstić information content (AvgIpc) is 3.31. The van der Waals surface area contributed by atoms with E-state index in [4.69, 9.17) is 18.7 Å². The first-order chi connectivity index (χ1) is 15.6. The van der Waals surface area contributed by atoms with Crippen LogP contribution in [-0.4, -0.2) is 34.9 Å². The summed E-state index contributed by atoms with van der Waals surface area (Å²) in [4.78, 5) is 28.9. The molecule has 4 aromatic rings. The van der Waals surface area contributed by atoms with Gasteiger partial charge in [-0.3, -0.25) is 14.2 Å². The van der Waals surface area contributed by atoms with Gasteiger partial charge in [-0.05, 0) is 30.3 Å². The van der Waals surface area contributed by atoms with Crippen molar-refractivity contribution in [2.75, 3.05) is 14.2 Å². The zero-order valence-electron chi connectivity index (χ0n) is 17.6. The van der Waals surface area contributed by atoms with Crippen molar-refractivity contribution in [2.24, 2.45) is 0 Å². The Labute approximate surface area is 183 Å². The third-order valence-corrected chi connectivity index (χ3v) is 4.90. The van der Waals surface area contributed by atoms with Crippen LogP contribution in [0.15, 0.2) is 64.2 Å². The predicted molar refractivity (Wildman–Crippen MR) is 115 cm³/mol. The largest absolute Gasteiger partial charge is 0.493 e. The number of nitrogens with zero attached hydrogens (tertiary/aromatic N) is 3. The van der Waals surface area contributed by atoms with Gasteiger partial charge in [0.1, 0.15) is 12.3 Å². The number of fused-ring (bicyclic) bond motifs is 1. The maximum atomic E-state index is 12.5. The molecule has 164 valence electrons. The van der Waals surface area contributed by atoms with Gasteiger partial charge in [-0.15, -0.1) is 0 Å². The van der Waals surface area contributed by atoms with Crippen molar-refractivity contribution >= 4 is 16.9 Å². The van der Waals surface area contributed by atoms with Crippen LogP contribution in [0, 0.1) is 0 Å². The molecule has 0 fully saturated rings. The van der Waals surface area contributed by atoms with Gasteiger partial charge in [0, 0.05) is 18.2 Å². The molecule has 0 aliphatic rings. The van der Waals surface area contributed by atoms with E-state index in [1.807, 2.05) is 12.1 Å². The number of rotatable bonds is 8. The molecule has 32 heavy (non-hydrogen) atoms. The average molecular weight is 435 g/mol. The van der Waals surface area contributed by atoms with E-state index in [2.05, 4.69) is 10.1 Å². The van der Waals surface area contributed by atoms with Crippen molar-refractivity contribution in [1.29, 1.82) is 0 Å². The second-order valence-corrected chi connectivity index (χ2v) is 6.92. The lowest BCUT2D eigenvalue weighted by Crippen LogP contribution is -2.22. The Morgan fingerprint density at radius 3 is 2.69 bits per heavy atom. The number of carbonyl (C=O) groups excluding carboxylic acids is 1. The molecule has 2 aromatic carbocycles. The highest BCUT2D eigenvalue weighted by Crippen LogP contribution is 2.32. The van der Waals surface area contributed by atoms with Crippen LogP contribution in [0.5, 0.6) is 11.5 Å². The Bertz CT molecular complexity index is 1310. The van der Waals surface area contributed by atoms with Gasteiger partial charge in [0.15, 0.2) is 17.3 Å². The van der Waals surface area contributed by atoms with Crippen molar-refractivity contribution in [3.8, 4) is 22.8 Å². The first-order valence-corrected chi connectivity index (χ1v) is 9.87. The molecule has 0 saturated heterocycles. The highest BCUT2D eigenvalue weighted by molar-refractivity contribution is 5.77. The van der Waals surface area contributed by atoms with Gasteiger partial charge in [-0.2, -0.15) is 0 Å². The van der Waals surface area contributed by atoms with Crippen molar-refractivity contribution in [3.05, 3.63) is 70.9 Å². The first-order valence-electron chi connectivity index (χ1n) is 9.87. The second-order valence-electron chi connectivity index (χ2n) is 6.92. The van der Waals surface area contributed by atoms with Crippen molar-refractivity contribution in [1.82, 2.24) is 14.7 Å². The Kier molecular flexibility index (Phi) is 6.16. The minimum atomic E-state index is -0.458. The summed E-state index contributed by atoms with van der Waals surface area (Å²) in [5, 5.41) is 4.45. The lowest BCUT2D eigenvalue weighted by Gasteiger charge is -2.07. The summed E-state index contributed by atoms with van der Waals surface area (Å²) in [6, 6.07) is 14.1. The maximum Gasteiger partial charge on any atom is 0.307 e. The van der Waals surface area contributed by atoms with Gasteiger partial charge >= 0.3 is 5.97 Å². The second kappa shape index (κ2) is 9.34. The fraction of sp³-hybridized carbons (Fsp3) is 0.217. The fourth-order valence-electron chi connectivity index (χ4n) is 3.21. The van der Waals surface area contributed by atoms with Crippen LogP contribution in [0.25, 0.3) is 22.2 Å². The molecule has 0 atom stereocenters. The van der Waals surface area contributed by atoms with Gasteiger partial charge in [0.25, 0.3) is 5.56 Å².